The van der Waals surface area contributed by atoms with Crippen molar-refractivity contribution in [3.8, 4) is 22.3 Å². The molecular weight excluding hydrogens is 516 g/mol. The molecule has 0 spiro atoms. The Labute approximate surface area is 251 Å². The fourth-order valence-corrected chi connectivity index (χ4v) is 5.26. The van der Waals surface area contributed by atoms with Crippen LogP contribution in [0.15, 0.2) is 109 Å². The summed E-state index contributed by atoms with van der Waals surface area (Å²) in [6, 6.07) is 37.4. The molecule has 4 rings (SSSR count). The quantitative estimate of drug-likeness (QED) is 0.142. The van der Waals surface area contributed by atoms with Gasteiger partial charge in [-0.3, -0.25) is 9.59 Å². The summed E-state index contributed by atoms with van der Waals surface area (Å²) in [4.78, 5) is 24.9. The second-order valence-electron chi connectivity index (χ2n) is 11.2. The number of hydrogen-bond acceptors (Lipinski definition) is 2. The summed E-state index contributed by atoms with van der Waals surface area (Å²) >= 11 is 0. The largest absolute Gasteiger partial charge is 0.350 e. The molecule has 0 saturated carbocycles. The van der Waals surface area contributed by atoms with Crippen LogP contribution in [-0.2, 0) is 9.59 Å². The van der Waals surface area contributed by atoms with E-state index in [1.165, 1.54) is 22.3 Å². The van der Waals surface area contributed by atoms with E-state index in [0.29, 0.717) is 12.8 Å². The van der Waals surface area contributed by atoms with Crippen LogP contribution in [0.2, 0.25) is 0 Å². The SMILES string of the molecule is C[C@H](NC(=O)CCCCCCCCC(=O)N[C@@H](C)c1ccc(-c2ccccc2)cc1)c1ccc(-c2ccccc2)cc1. The van der Waals surface area contributed by atoms with E-state index in [0.717, 1.165) is 49.7 Å². The number of rotatable bonds is 15. The van der Waals surface area contributed by atoms with E-state index in [1.54, 1.807) is 0 Å². The highest BCUT2D eigenvalue weighted by Crippen LogP contribution is 2.23. The maximum absolute atomic E-state index is 12.4. The van der Waals surface area contributed by atoms with E-state index in [1.807, 2.05) is 50.2 Å². The Morgan fingerprint density at radius 2 is 0.762 bits per heavy atom. The number of unbranched alkanes of at least 4 members (excludes halogenated alkanes) is 5. The second-order valence-corrected chi connectivity index (χ2v) is 11.2. The Morgan fingerprint density at radius 1 is 0.452 bits per heavy atom. The topological polar surface area (TPSA) is 58.2 Å². The molecule has 0 bridgehead atoms. The number of nitrogens with one attached hydrogen (secondary N) is 2. The summed E-state index contributed by atoms with van der Waals surface area (Å²) < 4.78 is 0. The third-order valence-electron chi connectivity index (χ3n) is 7.85. The summed E-state index contributed by atoms with van der Waals surface area (Å²) in [5.41, 5.74) is 6.97. The summed E-state index contributed by atoms with van der Waals surface area (Å²) in [5, 5.41) is 6.27. The molecule has 2 amide bonds. The van der Waals surface area contributed by atoms with E-state index < -0.39 is 0 Å². The lowest BCUT2D eigenvalue weighted by Gasteiger charge is -2.15. The van der Waals surface area contributed by atoms with E-state index >= 15 is 0 Å². The highest BCUT2D eigenvalue weighted by atomic mass is 16.2. The first-order valence-electron chi connectivity index (χ1n) is 15.4. The van der Waals surface area contributed by atoms with Gasteiger partial charge in [0.05, 0.1) is 12.1 Å². The molecule has 218 valence electrons. The Balaban J connectivity index is 1.03. The van der Waals surface area contributed by atoms with Gasteiger partial charge in [-0.2, -0.15) is 0 Å². The normalized spacial score (nSPS) is 12.3. The van der Waals surface area contributed by atoms with Crippen molar-refractivity contribution in [2.75, 3.05) is 0 Å². The number of carbonyl (C=O) groups excluding carboxylic acids is 2. The molecule has 0 radical (unpaired) electrons. The van der Waals surface area contributed by atoms with Crippen molar-refractivity contribution in [3.05, 3.63) is 120 Å². The fraction of sp³-hybridized carbons (Fsp3) is 0.316. The molecule has 0 heterocycles. The average molecular weight is 561 g/mol. The van der Waals surface area contributed by atoms with Gasteiger partial charge in [-0.25, -0.2) is 0 Å². The van der Waals surface area contributed by atoms with Crippen molar-refractivity contribution in [2.45, 2.75) is 77.3 Å². The lowest BCUT2D eigenvalue weighted by atomic mass is 10.0. The second kappa shape index (κ2) is 16.3. The molecule has 2 N–H and O–H groups in total. The third kappa shape index (κ3) is 9.73. The van der Waals surface area contributed by atoms with Crippen molar-refractivity contribution in [3.63, 3.8) is 0 Å². The molecule has 0 unspecified atom stereocenters. The zero-order chi connectivity index (χ0) is 29.6. The minimum absolute atomic E-state index is 0.00941. The van der Waals surface area contributed by atoms with Gasteiger partial charge in [0.25, 0.3) is 0 Å². The predicted octanol–water partition coefficient (Wildman–Crippen LogP) is 9.20. The molecule has 0 aliphatic heterocycles. The molecule has 0 aliphatic carbocycles. The zero-order valence-corrected chi connectivity index (χ0v) is 25.0. The Morgan fingerprint density at radius 3 is 1.12 bits per heavy atom. The van der Waals surface area contributed by atoms with Crippen LogP contribution in [0.5, 0.6) is 0 Å². The van der Waals surface area contributed by atoms with Gasteiger partial charge in [0.2, 0.25) is 11.8 Å². The van der Waals surface area contributed by atoms with Crippen molar-refractivity contribution in [2.24, 2.45) is 0 Å². The van der Waals surface area contributed by atoms with Crippen LogP contribution in [0.4, 0.5) is 0 Å². The van der Waals surface area contributed by atoms with Crippen molar-refractivity contribution in [1.29, 1.82) is 0 Å². The molecular formula is C38H44N2O2. The summed E-state index contributed by atoms with van der Waals surface area (Å²) in [6.07, 6.45) is 7.16. The summed E-state index contributed by atoms with van der Waals surface area (Å²) in [6.45, 7) is 4.07. The van der Waals surface area contributed by atoms with Crippen LogP contribution in [-0.4, -0.2) is 11.8 Å². The van der Waals surface area contributed by atoms with Crippen molar-refractivity contribution >= 4 is 11.8 Å². The molecule has 2 atom stereocenters. The van der Waals surface area contributed by atoms with Crippen molar-refractivity contribution < 1.29 is 9.59 Å². The molecule has 0 aliphatic rings. The number of carbonyl (C=O) groups is 2. The van der Waals surface area contributed by atoms with Crippen molar-refractivity contribution in [1.82, 2.24) is 10.6 Å². The van der Waals surface area contributed by atoms with Gasteiger partial charge in [0.15, 0.2) is 0 Å². The van der Waals surface area contributed by atoms with Crippen LogP contribution in [0, 0.1) is 0 Å². The molecule has 4 nitrogen and oxygen atoms in total. The van der Waals surface area contributed by atoms with Crippen LogP contribution >= 0.6 is 0 Å². The standard InChI is InChI=1S/C38H44N2O2/c1-29(31-21-25-35(26-22-31)33-15-9-7-10-16-33)39-37(41)19-13-5-3-4-6-14-20-38(42)40-30(2)32-23-27-36(28-24-32)34-17-11-8-12-18-34/h7-12,15-18,21-30H,3-6,13-14,19-20H2,1-2H3,(H,39,41)(H,40,42)/t29-,30-/m0/s1. The summed E-state index contributed by atoms with van der Waals surface area (Å²) in [5.74, 6) is 0.213. The molecule has 4 aromatic carbocycles. The minimum atomic E-state index is -0.00941. The van der Waals surface area contributed by atoms with E-state index in [9.17, 15) is 9.59 Å². The minimum Gasteiger partial charge on any atom is -0.350 e. The first-order valence-corrected chi connectivity index (χ1v) is 15.4. The summed E-state index contributed by atoms with van der Waals surface area (Å²) in [7, 11) is 0. The molecule has 0 aromatic heterocycles. The van der Waals surface area contributed by atoms with Crippen LogP contribution in [0.25, 0.3) is 22.3 Å². The van der Waals surface area contributed by atoms with Gasteiger partial charge >= 0.3 is 0 Å². The Hall–Kier alpha value is -4.18. The van der Waals surface area contributed by atoms with E-state index in [2.05, 4.69) is 83.4 Å². The molecule has 4 heteroatoms. The third-order valence-corrected chi connectivity index (χ3v) is 7.85. The number of amides is 2. The maximum atomic E-state index is 12.4. The first-order chi connectivity index (χ1) is 20.5. The van der Waals surface area contributed by atoms with Gasteiger partial charge < -0.3 is 10.6 Å². The highest BCUT2D eigenvalue weighted by Gasteiger charge is 2.11. The fourth-order valence-electron chi connectivity index (χ4n) is 5.26. The van der Waals surface area contributed by atoms with Gasteiger partial charge in [0, 0.05) is 12.8 Å². The Bertz CT molecular complexity index is 1260. The number of hydrogen-bond donors (Lipinski definition) is 2. The van der Waals surface area contributed by atoms with Crippen LogP contribution in [0.3, 0.4) is 0 Å². The monoisotopic (exact) mass is 560 g/mol. The van der Waals surface area contributed by atoms with E-state index in [4.69, 9.17) is 0 Å². The molecule has 0 fully saturated rings. The van der Waals surface area contributed by atoms with Gasteiger partial charge in [-0.15, -0.1) is 0 Å². The van der Waals surface area contributed by atoms with Gasteiger partial charge in [-0.1, -0.05) is 135 Å². The average Bonchev–Trinajstić information content (AvgIpc) is 3.03. The van der Waals surface area contributed by atoms with E-state index in [-0.39, 0.29) is 23.9 Å². The zero-order valence-electron chi connectivity index (χ0n) is 25.0. The predicted molar refractivity (Wildman–Crippen MR) is 174 cm³/mol. The molecule has 4 aromatic rings. The molecule has 0 saturated heterocycles. The first kappa shape index (κ1) is 30.8. The lowest BCUT2D eigenvalue weighted by Crippen LogP contribution is -2.26. The maximum Gasteiger partial charge on any atom is 0.220 e. The Kier molecular flexibility index (Phi) is 11.9. The van der Waals surface area contributed by atoms with Gasteiger partial charge in [0.1, 0.15) is 0 Å². The smallest absolute Gasteiger partial charge is 0.220 e. The lowest BCUT2D eigenvalue weighted by molar-refractivity contribution is -0.122. The highest BCUT2D eigenvalue weighted by molar-refractivity contribution is 5.77. The van der Waals surface area contributed by atoms with Crippen LogP contribution < -0.4 is 10.6 Å². The van der Waals surface area contributed by atoms with Crippen LogP contribution in [0.1, 0.15) is 88.4 Å². The van der Waals surface area contributed by atoms with Gasteiger partial charge in [-0.05, 0) is 60.1 Å². The molecule has 42 heavy (non-hydrogen) atoms. The number of benzene rings is 4.